The lowest BCUT2D eigenvalue weighted by Crippen LogP contribution is -2.19. The van der Waals surface area contributed by atoms with E-state index in [1.807, 2.05) is 24.3 Å². The second kappa shape index (κ2) is 3.58. The van der Waals surface area contributed by atoms with Crippen LogP contribution >= 0.6 is 0 Å². The summed E-state index contributed by atoms with van der Waals surface area (Å²) in [5.74, 6) is 0. The van der Waals surface area contributed by atoms with Crippen molar-refractivity contribution in [3.8, 4) is 0 Å². The van der Waals surface area contributed by atoms with Crippen molar-refractivity contribution in [1.82, 2.24) is 0 Å². The minimum atomic E-state index is -0.759. The molecule has 0 saturated carbocycles. The normalized spacial score (nSPS) is 21.8. The highest BCUT2D eigenvalue weighted by Crippen LogP contribution is 2.42. The van der Waals surface area contributed by atoms with E-state index in [4.69, 9.17) is 5.73 Å². The molecule has 0 aromatic heterocycles. The van der Waals surface area contributed by atoms with E-state index in [0.29, 0.717) is 16.8 Å². The fourth-order valence-electron chi connectivity index (χ4n) is 2.49. The number of nitrogen functional groups attached to an aromatic ring is 1. The fourth-order valence-corrected chi connectivity index (χ4v) is 2.49. The first-order chi connectivity index (χ1) is 8.20. The smallest absolute Gasteiger partial charge is 0.107 e. The Bertz CT molecular complexity index is 580. The van der Waals surface area contributed by atoms with Crippen LogP contribution in [0.1, 0.15) is 34.5 Å². The second-order valence-electron chi connectivity index (χ2n) is 4.28. The fraction of sp³-hybridized carbons (Fsp3) is 0.143. The Morgan fingerprint density at radius 3 is 2.06 bits per heavy atom. The Morgan fingerprint density at radius 2 is 1.35 bits per heavy atom. The van der Waals surface area contributed by atoms with Crippen LogP contribution in [0, 0.1) is 0 Å². The first kappa shape index (κ1) is 10.3. The molecule has 2 atom stereocenters. The Labute approximate surface area is 99.1 Å². The average molecular weight is 227 g/mol. The summed E-state index contributed by atoms with van der Waals surface area (Å²) in [6, 6.07) is 12.7. The topological polar surface area (TPSA) is 66.5 Å². The Hall–Kier alpha value is -1.84. The van der Waals surface area contributed by atoms with Crippen LogP contribution in [0.25, 0.3) is 0 Å². The largest absolute Gasteiger partial charge is 0.398 e. The van der Waals surface area contributed by atoms with Gasteiger partial charge in [-0.3, -0.25) is 0 Å². The lowest BCUT2D eigenvalue weighted by molar-refractivity contribution is 0.174. The molecule has 3 nitrogen and oxygen atoms in total. The van der Waals surface area contributed by atoms with Crippen molar-refractivity contribution in [3.05, 3.63) is 64.7 Å². The van der Waals surface area contributed by atoms with Crippen molar-refractivity contribution in [2.45, 2.75) is 12.2 Å². The van der Waals surface area contributed by atoms with E-state index in [2.05, 4.69) is 0 Å². The number of aliphatic hydroxyl groups excluding tert-OH is 2. The van der Waals surface area contributed by atoms with Gasteiger partial charge in [-0.2, -0.15) is 0 Å². The number of rotatable bonds is 0. The van der Waals surface area contributed by atoms with Crippen molar-refractivity contribution in [3.63, 3.8) is 0 Å². The van der Waals surface area contributed by atoms with Crippen LogP contribution < -0.4 is 5.73 Å². The summed E-state index contributed by atoms with van der Waals surface area (Å²) in [5.41, 5.74) is 9.19. The second-order valence-corrected chi connectivity index (χ2v) is 4.28. The molecule has 0 spiro atoms. The number of aliphatic hydroxyl groups is 2. The van der Waals surface area contributed by atoms with Crippen LogP contribution in [0.4, 0.5) is 5.69 Å². The number of hydrogen-bond acceptors (Lipinski definition) is 3. The number of fused-ring (bicyclic) bond motifs is 2. The predicted octanol–water partition coefficient (Wildman–Crippen LogP) is 1.75. The summed E-state index contributed by atoms with van der Waals surface area (Å²) in [7, 11) is 0. The molecule has 0 aliphatic heterocycles. The summed E-state index contributed by atoms with van der Waals surface area (Å²) in [5, 5.41) is 20.6. The Kier molecular flexibility index (Phi) is 2.18. The highest BCUT2D eigenvalue weighted by molar-refractivity contribution is 5.60. The Balaban J connectivity index is 2.29. The van der Waals surface area contributed by atoms with Crippen molar-refractivity contribution in [2.24, 2.45) is 0 Å². The van der Waals surface area contributed by atoms with Crippen molar-refractivity contribution >= 4 is 5.69 Å². The summed E-state index contributed by atoms with van der Waals surface area (Å²) >= 11 is 0. The number of benzene rings is 2. The predicted molar refractivity (Wildman–Crippen MR) is 65.4 cm³/mol. The minimum absolute atomic E-state index is 0.517. The van der Waals surface area contributed by atoms with E-state index in [-0.39, 0.29) is 0 Å². The van der Waals surface area contributed by atoms with Gasteiger partial charge >= 0.3 is 0 Å². The van der Waals surface area contributed by atoms with E-state index in [1.54, 1.807) is 18.2 Å². The van der Waals surface area contributed by atoms with Gasteiger partial charge < -0.3 is 15.9 Å². The minimum Gasteiger partial charge on any atom is -0.398 e. The highest BCUT2D eigenvalue weighted by atomic mass is 16.3. The molecule has 0 radical (unpaired) electrons. The van der Waals surface area contributed by atoms with Gasteiger partial charge in [-0.05, 0) is 22.8 Å². The molecule has 0 bridgehead atoms. The maximum absolute atomic E-state index is 10.3. The zero-order valence-electron chi connectivity index (χ0n) is 9.17. The van der Waals surface area contributed by atoms with Gasteiger partial charge in [0.25, 0.3) is 0 Å². The molecule has 17 heavy (non-hydrogen) atoms. The van der Waals surface area contributed by atoms with Crippen LogP contribution in [0.2, 0.25) is 0 Å². The zero-order chi connectivity index (χ0) is 12.0. The maximum atomic E-state index is 10.3. The van der Waals surface area contributed by atoms with Gasteiger partial charge in [0.05, 0.1) is 0 Å². The van der Waals surface area contributed by atoms with Gasteiger partial charge in [0.2, 0.25) is 0 Å². The van der Waals surface area contributed by atoms with Crippen LogP contribution in [0.5, 0.6) is 0 Å². The Morgan fingerprint density at radius 1 is 0.765 bits per heavy atom. The molecule has 4 N–H and O–H groups in total. The molecular formula is C14H13NO2. The van der Waals surface area contributed by atoms with E-state index in [9.17, 15) is 10.2 Å². The molecule has 1 aliphatic rings. The molecule has 2 unspecified atom stereocenters. The molecule has 3 heteroatoms. The highest BCUT2D eigenvalue weighted by Gasteiger charge is 2.30. The third-order valence-electron chi connectivity index (χ3n) is 3.33. The van der Waals surface area contributed by atoms with E-state index in [0.717, 1.165) is 11.1 Å². The third-order valence-corrected chi connectivity index (χ3v) is 3.33. The molecule has 0 heterocycles. The molecule has 86 valence electrons. The molecule has 1 aliphatic carbocycles. The van der Waals surface area contributed by atoms with Crippen molar-refractivity contribution in [1.29, 1.82) is 0 Å². The first-order valence-electron chi connectivity index (χ1n) is 5.53. The molecule has 0 fully saturated rings. The van der Waals surface area contributed by atoms with Gasteiger partial charge in [-0.15, -0.1) is 0 Å². The molecule has 3 rings (SSSR count). The summed E-state index contributed by atoms with van der Waals surface area (Å²) in [6.07, 6.45) is -1.47. The van der Waals surface area contributed by atoms with E-state index < -0.39 is 12.2 Å². The van der Waals surface area contributed by atoms with Gasteiger partial charge in [0.15, 0.2) is 0 Å². The molecule has 0 saturated heterocycles. The molecular weight excluding hydrogens is 214 g/mol. The number of hydrogen-bond donors (Lipinski definition) is 3. The van der Waals surface area contributed by atoms with Crippen LogP contribution in [-0.4, -0.2) is 10.2 Å². The average Bonchev–Trinajstić information content (AvgIpc) is 2.36. The summed E-state index contributed by atoms with van der Waals surface area (Å²) in [6.45, 7) is 0. The van der Waals surface area contributed by atoms with Crippen molar-refractivity contribution < 1.29 is 10.2 Å². The molecule has 0 amide bonds. The SMILES string of the molecule is Nc1cccc2c1C(O)c1ccccc1C2O. The van der Waals surface area contributed by atoms with Crippen molar-refractivity contribution in [2.75, 3.05) is 5.73 Å². The number of nitrogens with two attached hydrogens (primary N) is 1. The quantitative estimate of drug-likeness (QED) is 0.601. The van der Waals surface area contributed by atoms with E-state index >= 15 is 0 Å². The van der Waals surface area contributed by atoms with Crippen LogP contribution in [0.3, 0.4) is 0 Å². The summed E-state index contributed by atoms with van der Waals surface area (Å²) in [4.78, 5) is 0. The van der Waals surface area contributed by atoms with Crippen LogP contribution in [0.15, 0.2) is 42.5 Å². The zero-order valence-corrected chi connectivity index (χ0v) is 9.17. The lowest BCUT2D eigenvalue weighted by Gasteiger charge is -2.29. The molecule has 2 aromatic rings. The van der Waals surface area contributed by atoms with Gasteiger partial charge in [0, 0.05) is 11.3 Å². The van der Waals surface area contributed by atoms with E-state index in [1.165, 1.54) is 0 Å². The molecule has 2 aromatic carbocycles. The number of anilines is 1. The summed E-state index contributed by atoms with van der Waals surface area (Å²) < 4.78 is 0. The third kappa shape index (κ3) is 1.37. The van der Waals surface area contributed by atoms with Gasteiger partial charge in [-0.1, -0.05) is 36.4 Å². The first-order valence-corrected chi connectivity index (χ1v) is 5.53. The maximum Gasteiger partial charge on any atom is 0.107 e. The van der Waals surface area contributed by atoms with Gasteiger partial charge in [-0.25, -0.2) is 0 Å². The standard InChI is InChI=1S/C14H13NO2/c15-11-7-3-6-10-12(11)14(17)9-5-2-1-4-8(9)13(10)16/h1-7,13-14,16-17H,15H2. The monoisotopic (exact) mass is 227 g/mol. The van der Waals surface area contributed by atoms with Gasteiger partial charge in [0.1, 0.15) is 12.2 Å². The lowest BCUT2D eigenvalue weighted by atomic mass is 9.81. The van der Waals surface area contributed by atoms with Crippen LogP contribution in [-0.2, 0) is 0 Å².